The molecule has 128 valence electrons. The molecule has 1 unspecified atom stereocenters. The zero-order chi connectivity index (χ0) is 18.1. The Labute approximate surface area is 142 Å². The van der Waals surface area contributed by atoms with Gasteiger partial charge in [0, 0.05) is 17.2 Å². The van der Waals surface area contributed by atoms with E-state index >= 15 is 0 Å². The lowest BCUT2D eigenvalue weighted by molar-refractivity contribution is -0.138. The molecule has 3 rings (SSSR count). The quantitative estimate of drug-likeness (QED) is 0.676. The summed E-state index contributed by atoms with van der Waals surface area (Å²) in [6, 6.07) is 10.0. The Kier molecular flexibility index (Phi) is 4.14. The van der Waals surface area contributed by atoms with Crippen LogP contribution in [-0.2, 0) is 4.79 Å². The van der Waals surface area contributed by atoms with E-state index in [2.05, 4.69) is 5.10 Å². The minimum atomic E-state index is -1.12. The number of phenols is 2. The van der Waals surface area contributed by atoms with Crippen LogP contribution < -0.4 is 0 Å². The average Bonchev–Trinajstić information content (AvgIpc) is 3.04. The van der Waals surface area contributed by atoms with Crippen molar-refractivity contribution in [3.05, 3.63) is 60.0 Å². The first-order chi connectivity index (χ1) is 11.9. The molecule has 2 aromatic carbocycles. The highest BCUT2D eigenvalue weighted by Crippen LogP contribution is 2.38. The summed E-state index contributed by atoms with van der Waals surface area (Å²) in [7, 11) is 0. The molecule has 3 aromatic rings. The molecule has 0 amide bonds. The highest BCUT2D eigenvalue weighted by molar-refractivity contribution is 5.79. The predicted molar refractivity (Wildman–Crippen MR) is 88.3 cm³/mol. The highest BCUT2D eigenvalue weighted by atomic mass is 19.1. The Morgan fingerprint density at radius 3 is 2.56 bits per heavy atom. The van der Waals surface area contributed by atoms with E-state index in [1.165, 1.54) is 36.0 Å². The van der Waals surface area contributed by atoms with Crippen LogP contribution in [0.15, 0.2) is 48.7 Å². The summed E-state index contributed by atoms with van der Waals surface area (Å²) in [5, 5.41) is 33.4. The van der Waals surface area contributed by atoms with E-state index in [1.807, 2.05) is 0 Å². The molecule has 3 N–H and O–H groups in total. The van der Waals surface area contributed by atoms with E-state index in [0.29, 0.717) is 5.69 Å². The first-order valence-electron chi connectivity index (χ1n) is 7.48. The number of benzene rings is 2. The molecule has 0 saturated carbocycles. The minimum absolute atomic E-state index is 0.140. The lowest BCUT2D eigenvalue weighted by atomic mass is 9.96. The van der Waals surface area contributed by atoms with Gasteiger partial charge in [0.25, 0.3) is 0 Å². The summed E-state index contributed by atoms with van der Waals surface area (Å²) in [6.07, 6.45) is 1.44. The predicted octanol–water partition coefficient (Wildman–Crippen LogP) is 3.28. The number of aromatic nitrogens is 2. The van der Waals surface area contributed by atoms with Crippen LogP contribution in [0.5, 0.6) is 11.5 Å². The molecule has 0 bridgehead atoms. The summed E-state index contributed by atoms with van der Waals surface area (Å²) < 4.78 is 15.4. The largest absolute Gasteiger partial charge is 0.508 e. The van der Waals surface area contributed by atoms with Crippen LogP contribution in [0.4, 0.5) is 4.39 Å². The molecular weight excluding hydrogens is 327 g/mol. The lowest BCUT2D eigenvalue weighted by Gasteiger charge is -2.14. The van der Waals surface area contributed by atoms with Gasteiger partial charge in [-0.15, -0.1) is 0 Å². The summed E-state index contributed by atoms with van der Waals surface area (Å²) in [4.78, 5) is 11.2. The number of phenolic OH excluding ortho intramolecular Hbond substituents is 2. The normalized spacial score (nSPS) is 12.1. The van der Waals surface area contributed by atoms with E-state index in [-0.39, 0.29) is 28.3 Å². The molecule has 0 aliphatic carbocycles. The SMILES string of the molecule is CC(C(=O)O)c1cc(-c2ccnn2-c2ccccc2F)c(O)cc1O. The number of halogens is 1. The van der Waals surface area contributed by atoms with Crippen LogP contribution in [0, 0.1) is 5.82 Å². The maximum Gasteiger partial charge on any atom is 0.310 e. The van der Waals surface area contributed by atoms with Gasteiger partial charge in [0.15, 0.2) is 0 Å². The molecule has 0 saturated heterocycles. The summed E-state index contributed by atoms with van der Waals surface area (Å²) >= 11 is 0. The number of hydrogen-bond acceptors (Lipinski definition) is 4. The fraction of sp³-hybridized carbons (Fsp3) is 0.111. The number of nitrogens with zero attached hydrogens (tertiary/aromatic N) is 2. The maximum atomic E-state index is 14.1. The number of carbonyl (C=O) groups is 1. The van der Waals surface area contributed by atoms with Crippen molar-refractivity contribution in [1.29, 1.82) is 0 Å². The molecule has 0 fully saturated rings. The third-order valence-corrected chi connectivity index (χ3v) is 3.98. The number of carboxylic acids is 1. The Hall–Kier alpha value is -3.35. The number of para-hydroxylation sites is 1. The van der Waals surface area contributed by atoms with Gasteiger partial charge in [0.1, 0.15) is 23.0 Å². The van der Waals surface area contributed by atoms with Gasteiger partial charge in [0.05, 0.1) is 17.8 Å². The minimum Gasteiger partial charge on any atom is -0.508 e. The van der Waals surface area contributed by atoms with Crippen LogP contribution in [0.1, 0.15) is 18.4 Å². The highest BCUT2D eigenvalue weighted by Gasteiger charge is 2.22. The van der Waals surface area contributed by atoms with E-state index < -0.39 is 17.7 Å². The van der Waals surface area contributed by atoms with Gasteiger partial charge < -0.3 is 15.3 Å². The van der Waals surface area contributed by atoms with Crippen molar-refractivity contribution in [1.82, 2.24) is 9.78 Å². The van der Waals surface area contributed by atoms with Gasteiger partial charge in [-0.25, -0.2) is 9.07 Å². The van der Waals surface area contributed by atoms with Crippen LogP contribution in [0.3, 0.4) is 0 Å². The Morgan fingerprint density at radius 1 is 1.16 bits per heavy atom. The summed E-state index contributed by atoms with van der Waals surface area (Å²) in [5.74, 6) is -3.19. The van der Waals surface area contributed by atoms with Crippen molar-refractivity contribution in [3.63, 3.8) is 0 Å². The first-order valence-corrected chi connectivity index (χ1v) is 7.48. The fourth-order valence-corrected chi connectivity index (χ4v) is 2.60. The molecule has 1 aromatic heterocycles. The van der Waals surface area contributed by atoms with Crippen molar-refractivity contribution in [2.24, 2.45) is 0 Å². The zero-order valence-electron chi connectivity index (χ0n) is 13.2. The lowest BCUT2D eigenvalue weighted by Crippen LogP contribution is -2.08. The van der Waals surface area contributed by atoms with Crippen LogP contribution in [0.2, 0.25) is 0 Å². The second-order valence-electron chi connectivity index (χ2n) is 5.57. The van der Waals surface area contributed by atoms with Gasteiger partial charge in [-0.1, -0.05) is 12.1 Å². The van der Waals surface area contributed by atoms with Crippen molar-refractivity contribution in [2.45, 2.75) is 12.8 Å². The fourth-order valence-electron chi connectivity index (χ4n) is 2.60. The van der Waals surface area contributed by atoms with Crippen molar-refractivity contribution >= 4 is 5.97 Å². The Balaban J connectivity index is 2.19. The zero-order valence-corrected chi connectivity index (χ0v) is 13.2. The van der Waals surface area contributed by atoms with E-state index in [1.54, 1.807) is 18.2 Å². The molecule has 1 atom stereocenters. The van der Waals surface area contributed by atoms with Gasteiger partial charge in [-0.3, -0.25) is 4.79 Å². The van der Waals surface area contributed by atoms with Crippen LogP contribution >= 0.6 is 0 Å². The van der Waals surface area contributed by atoms with E-state index in [4.69, 9.17) is 0 Å². The second kappa shape index (κ2) is 6.27. The van der Waals surface area contributed by atoms with Gasteiger partial charge in [-0.05, 0) is 31.2 Å². The van der Waals surface area contributed by atoms with Crippen LogP contribution in [-0.4, -0.2) is 31.1 Å². The topological polar surface area (TPSA) is 95.6 Å². The standard InChI is InChI=1S/C18H15FN2O4/c1-10(18(24)25)11-8-12(17(23)9-16(11)22)14-6-7-20-21(14)15-5-3-2-4-13(15)19/h2-10,22-23H,1H3,(H,24,25). The van der Waals surface area contributed by atoms with Gasteiger partial charge in [0.2, 0.25) is 0 Å². The van der Waals surface area contributed by atoms with Crippen molar-refractivity contribution < 1.29 is 24.5 Å². The smallest absolute Gasteiger partial charge is 0.310 e. The molecule has 0 radical (unpaired) electrons. The maximum absolute atomic E-state index is 14.1. The van der Waals surface area contributed by atoms with E-state index in [9.17, 15) is 24.5 Å². The molecule has 6 nitrogen and oxygen atoms in total. The van der Waals surface area contributed by atoms with Gasteiger partial charge in [-0.2, -0.15) is 5.10 Å². The third-order valence-electron chi connectivity index (χ3n) is 3.98. The molecule has 0 aliphatic heterocycles. The molecule has 7 heteroatoms. The van der Waals surface area contributed by atoms with Crippen LogP contribution in [0.25, 0.3) is 16.9 Å². The average molecular weight is 342 g/mol. The Morgan fingerprint density at radius 2 is 1.88 bits per heavy atom. The van der Waals surface area contributed by atoms with Crippen molar-refractivity contribution in [2.75, 3.05) is 0 Å². The monoisotopic (exact) mass is 342 g/mol. The number of rotatable bonds is 4. The van der Waals surface area contributed by atoms with Crippen molar-refractivity contribution in [3.8, 4) is 28.4 Å². The number of aromatic hydroxyl groups is 2. The van der Waals surface area contributed by atoms with E-state index in [0.717, 1.165) is 6.07 Å². The molecule has 1 heterocycles. The van der Waals surface area contributed by atoms with Gasteiger partial charge >= 0.3 is 5.97 Å². The molecule has 0 spiro atoms. The summed E-state index contributed by atoms with van der Waals surface area (Å²) in [5.41, 5.74) is 0.924. The number of aliphatic carboxylic acids is 1. The second-order valence-corrected chi connectivity index (χ2v) is 5.57. The molecule has 0 aliphatic rings. The first kappa shape index (κ1) is 16.5. The third kappa shape index (κ3) is 2.91. The summed E-state index contributed by atoms with van der Waals surface area (Å²) in [6.45, 7) is 1.42. The molecular formula is C18H15FN2O4. The Bertz CT molecular complexity index is 952. The number of hydrogen-bond donors (Lipinski definition) is 3. The molecule has 25 heavy (non-hydrogen) atoms. The number of carboxylic acid groups (broad SMARTS) is 1.